The molecular formula is C18H19FN4O2S2. The molecule has 2 aromatic heterocycles. The van der Waals surface area contributed by atoms with Crippen LogP contribution in [0.25, 0.3) is 0 Å². The zero-order valence-corrected chi connectivity index (χ0v) is 16.7. The molecule has 0 aliphatic heterocycles. The minimum atomic E-state index is -0.414. The number of nitrogens with one attached hydrogen (secondary N) is 1. The lowest BCUT2D eigenvalue weighted by Crippen LogP contribution is -2.33. The van der Waals surface area contributed by atoms with E-state index in [0.717, 1.165) is 16.3 Å². The molecule has 1 amide bonds. The highest BCUT2D eigenvalue weighted by Crippen LogP contribution is 2.24. The fraction of sp³-hybridized carbons (Fsp3) is 0.333. The SMILES string of the molecule is Cc1nc(Cc2nnc(S[C@@H](C)C(=O)N[C@@H](C)c3ccc(F)cc3)o2)cs1. The van der Waals surface area contributed by atoms with Gasteiger partial charge in [-0.15, -0.1) is 21.5 Å². The van der Waals surface area contributed by atoms with Crippen molar-refractivity contribution in [2.45, 2.75) is 43.7 Å². The molecule has 2 atom stereocenters. The Hall–Kier alpha value is -2.26. The van der Waals surface area contributed by atoms with Crippen LogP contribution < -0.4 is 5.32 Å². The molecule has 3 aromatic rings. The Morgan fingerprint density at radius 1 is 1.30 bits per heavy atom. The number of thiazole rings is 1. The van der Waals surface area contributed by atoms with E-state index in [1.54, 1.807) is 30.4 Å². The Balaban J connectivity index is 1.54. The van der Waals surface area contributed by atoms with Gasteiger partial charge in [-0.2, -0.15) is 0 Å². The molecule has 0 saturated heterocycles. The maximum absolute atomic E-state index is 13.0. The molecular weight excluding hydrogens is 387 g/mol. The lowest BCUT2D eigenvalue weighted by atomic mass is 10.1. The van der Waals surface area contributed by atoms with E-state index in [0.29, 0.717) is 17.5 Å². The number of aryl methyl sites for hydroxylation is 1. The summed E-state index contributed by atoms with van der Waals surface area (Å²) in [6, 6.07) is 5.83. The van der Waals surface area contributed by atoms with Crippen LogP contribution in [0.1, 0.15) is 42.0 Å². The molecule has 0 bridgehead atoms. The van der Waals surface area contributed by atoms with Crippen molar-refractivity contribution >= 4 is 29.0 Å². The molecule has 142 valence electrons. The number of halogens is 1. The first-order valence-corrected chi connectivity index (χ1v) is 10.1. The monoisotopic (exact) mass is 406 g/mol. The van der Waals surface area contributed by atoms with Crippen molar-refractivity contribution in [3.63, 3.8) is 0 Å². The number of hydrogen-bond acceptors (Lipinski definition) is 7. The maximum Gasteiger partial charge on any atom is 0.277 e. The lowest BCUT2D eigenvalue weighted by molar-refractivity contribution is -0.120. The normalized spacial score (nSPS) is 13.3. The summed E-state index contributed by atoms with van der Waals surface area (Å²) >= 11 is 2.77. The fourth-order valence-electron chi connectivity index (χ4n) is 2.37. The van der Waals surface area contributed by atoms with Crippen LogP contribution in [0.2, 0.25) is 0 Å². The van der Waals surface area contributed by atoms with E-state index in [1.807, 2.05) is 19.2 Å². The molecule has 1 N–H and O–H groups in total. The molecule has 1 aromatic carbocycles. The largest absolute Gasteiger partial charge is 0.416 e. The van der Waals surface area contributed by atoms with E-state index in [2.05, 4.69) is 20.5 Å². The van der Waals surface area contributed by atoms with Crippen LogP contribution in [0.5, 0.6) is 0 Å². The average Bonchev–Trinajstić information content (AvgIpc) is 3.24. The molecule has 0 fully saturated rings. The molecule has 9 heteroatoms. The first kappa shape index (κ1) is 19.5. The van der Waals surface area contributed by atoms with E-state index in [9.17, 15) is 9.18 Å². The molecule has 27 heavy (non-hydrogen) atoms. The van der Waals surface area contributed by atoms with Crippen LogP contribution in [-0.2, 0) is 11.2 Å². The molecule has 6 nitrogen and oxygen atoms in total. The molecule has 0 radical (unpaired) electrons. The second-order valence-electron chi connectivity index (χ2n) is 6.04. The van der Waals surface area contributed by atoms with Crippen LogP contribution in [-0.4, -0.2) is 26.3 Å². The number of benzene rings is 1. The number of carbonyl (C=O) groups is 1. The summed E-state index contributed by atoms with van der Waals surface area (Å²) in [6.45, 7) is 5.56. The summed E-state index contributed by atoms with van der Waals surface area (Å²) in [4.78, 5) is 16.8. The van der Waals surface area contributed by atoms with Gasteiger partial charge in [-0.25, -0.2) is 9.37 Å². The van der Waals surface area contributed by atoms with Gasteiger partial charge in [0.25, 0.3) is 5.22 Å². The van der Waals surface area contributed by atoms with Crippen molar-refractivity contribution in [1.82, 2.24) is 20.5 Å². The number of rotatable bonds is 7. The molecule has 0 unspecified atom stereocenters. The Morgan fingerprint density at radius 2 is 2.04 bits per heavy atom. The van der Waals surface area contributed by atoms with Gasteiger partial charge in [-0.05, 0) is 38.5 Å². The average molecular weight is 407 g/mol. The smallest absolute Gasteiger partial charge is 0.277 e. The van der Waals surface area contributed by atoms with E-state index >= 15 is 0 Å². The van der Waals surface area contributed by atoms with E-state index in [4.69, 9.17) is 4.42 Å². The third kappa shape index (κ3) is 5.36. The molecule has 2 heterocycles. The third-order valence-corrected chi connectivity index (χ3v) is 5.58. The Labute approximate surface area is 164 Å². The summed E-state index contributed by atoms with van der Waals surface area (Å²) in [6.07, 6.45) is 0.472. The van der Waals surface area contributed by atoms with E-state index < -0.39 is 5.25 Å². The minimum Gasteiger partial charge on any atom is -0.416 e. The van der Waals surface area contributed by atoms with Gasteiger partial charge in [-0.3, -0.25) is 4.79 Å². The zero-order chi connectivity index (χ0) is 19.4. The van der Waals surface area contributed by atoms with Crippen molar-refractivity contribution < 1.29 is 13.6 Å². The first-order chi connectivity index (χ1) is 12.9. The van der Waals surface area contributed by atoms with Crippen LogP contribution in [0, 0.1) is 12.7 Å². The third-order valence-electron chi connectivity index (χ3n) is 3.82. The number of nitrogens with zero attached hydrogens (tertiary/aromatic N) is 3. The van der Waals surface area contributed by atoms with Crippen molar-refractivity contribution in [1.29, 1.82) is 0 Å². The van der Waals surface area contributed by atoms with Gasteiger partial charge in [0, 0.05) is 5.38 Å². The van der Waals surface area contributed by atoms with Crippen molar-refractivity contribution in [3.8, 4) is 0 Å². The second kappa shape index (κ2) is 8.62. The molecule has 3 rings (SSSR count). The summed E-state index contributed by atoms with van der Waals surface area (Å²) in [5.74, 6) is 0.00278. The van der Waals surface area contributed by atoms with Gasteiger partial charge in [0.15, 0.2) is 0 Å². The lowest BCUT2D eigenvalue weighted by Gasteiger charge is -2.16. The number of amides is 1. The Morgan fingerprint density at radius 3 is 2.70 bits per heavy atom. The summed E-state index contributed by atoms with van der Waals surface area (Å²) in [5, 5.41) is 13.8. The summed E-state index contributed by atoms with van der Waals surface area (Å²) < 4.78 is 18.6. The Kier molecular flexibility index (Phi) is 6.22. The number of aromatic nitrogens is 3. The number of carbonyl (C=O) groups excluding carboxylic acids is 1. The Bertz CT molecular complexity index is 910. The number of hydrogen-bond donors (Lipinski definition) is 1. The van der Waals surface area contributed by atoms with Gasteiger partial charge in [0.05, 0.1) is 28.4 Å². The first-order valence-electron chi connectivity index (χ1n) is 8.36. The van der Waals surface area contributed by atoms with Crippen LogP contribution in [0.15, 0.2) is 39.3 Å². The van der Waals surface area contributed by atoms with Gasteiger partial charge in [0.1, 0.15) is 5.82 Å². The van der Waals surface area contributed by atoms with Gasteiger partial charge < -0.3 is 9.73 Å². The highest BCUT2D eigenvalue weighted by Gasteiger charge is 2.20. The fourth-order valence-corrected chi connectivity index (χ4v) is 3.69. The van der Waals surface area contributed by atoms with Crippen LogP contribution in [0.3, 0.4) is 0 Å². The van der Waals surface area contributed by atoms with Gasteiger partial charge in [-0.1, -0.05) is 23.9 Å². The highest BCUT2D eigenvalue weighted by molar-refractivity contribution is 8.00. The molecule has 0 spiro atoms. The standard InChI is InChI=1S/C18H19FN4O2S2/c1-10(13-4-6-14(19)7-5-13)20-17(24)11(2)27-18-23-22-16(25-18)8-15-9-26-12(3)21-15/h4-7,9-11H,8H2,1-3H3,(H,20,24)/t10-,11-/m0/s1. The van der Waals surface area contributed by atoms with E-state index in [-0.39, 0.29) is 17.8 Å². The zero-order valence-electron chi connectivity index (χ0n) is 15.1. The minimum absolute atomic E-state index is 0.160. The summed E-state index contributed by atoms with van der Waals surface area (Å²) in [7, 11) is 0. The molecule has 0 aliphatic carbocycles. The number of thioether (sulfide) groups is 1. The predicted octanol–water partition coefficient (Wildman–Crippen LogP) is 3.92. The quantitative estimate of drug-likeness (QED) is 0.599. The van der Waals surface area contributed by atoms with Gasteiger partial charge in [0.2, 0.25) is 11.8 Å². The van der Waals surface area contributed by atoms with Crippen molar-refractivity contribution in [2.75, 3.05) is 0 Å². The highest BCUT2D eigenvalue weighted by atomic mass is 32.2. The molecule has 0 saturated carbocycles. The van der Waals surface area contributed by atoms with Gasteiger partial charge >= 0.3 is 0 Å². The van der Waals surface area contributed by atoms with Crippen molar-refractivity contribution in [2.24, 2.45) is 0 Å². The maximum atomic E-state index is 13.0. The van der Waals surface area contributed by atoms with Crippen molar-refractivity contribution in [3.05, 3.63) is 57.6 Å². The van der Waals surface area contributed by atoms with Crippen LogP contribution in [0.4, 0.5) is 4.39 Å². The second-order valence-corrected chi connectivity index (χ2v) is 8.39. The predicted molar refractivity (Wildman–Crippen MR) is 102 cm³/mol. The summed E-state index contributed by atoms with van der Waals surface area (Å²) in [5.41, 5.74) is 1.72. The molecule has 0 aliphatic rings. The topological polar surface area (TPSA) is 80.9 Å². The van der Waals surface area contributed by atoms with E-state index in [1.165, 1.54) is 23.9 Å². The van der Waals surface area contributed by atoms with Crippen LogP contribution >= 0.6 is 23.1 Å².